The second-order valence-corrected chi connectivity index (χ2v) is 9.14. The van der Waals surface area contributed by atoms with Gasteiger partial charge >= 0.3 is 0 Å². The molecule has 0 aliphatic carbocycles. The number of sulfone groups is 1. The summed E-state index contributed by atoms with van der Waals surface area (Å²) in [5.74, 6) is -0.554. The summed E-state index contributed by atoms with van der Waals surface area (Å²) < 4.78 is 38.5. The molecule has 0 saturated carbocycles. The minimum Gasteiger partial charge on any atom is -0.346 e. The highest BCUT2D eigenvalue weighted by Crippen LogP contribution is 2.25. The van der Waals surface area contributed by atoms with E-state index in [0.717, 1.165) is 17.1 Å². The largest absolute Gasteiger partial charge is 0.346 e. The lowest BCUT2D eigenvalue weighted by molar-refractivity contribution is 0.0915. The molecule has 1 N–H and O–H groups in total. The number of amides is 1. The first-order valence-corrected chi connectivity index (χ1v) is 9.90. The van der Waals surface area contributed by atoms with Gasteiger partial charge in [-0.2, -0.15) is 0 Å². The molecule has 25 heavy (non-hydrogen) atoms. The van der Waals surface area contributed by atoms with Crippen LogP contribution in [0.3, 0.4) is 0 Å². The van der Waals surface area contributed by atoms with Crippen LogP contribution in [0.4, 0.5) is 4.39 Å². The number of aryl methyl sites for hydroxylation is 1. The zero-order valence-corrected chi connectivity index (χ0v) is 15.3. The Kier molecular flexibility index (Phi) is 4.23. The average molecular weight is 364 g/mol. The number of halogens is 1. The molecule has 0 unspecified atom stereocenters. The minimum atomic E-state index is -3.10. The molecule has 7 heteroatoms. The number of rotatable bonds is 3. The van der Waals surface area contributed by atoms with Crippen molar-refractivity contribution in [3.63, 3.8) is 0 Å². The molecule has 1 atom stereocenters. The van der Waals surface area contributed by atoms with Gasteiger partial charge in [-0.15, -0.1) is 0 Å². The van der Waals surface area contributed by atoms with E-state index < -0.39 is 15.4 Å². The normalized spacial score (nSPS) is 22.1. The van der Waals surface area contributed by atoms with Gasteiger partial charge in [-0.05, 0) is 57.5 Å². The fraction of sp³-hybridized carbons (Fsp3) is 0.389. The van der Waals surface area contributed by atoms with E-state index in [1.165, 1.54) is 12.1 Å². The lowest BCUT2D eigenvalue weighted by Crippen LogP contribution is -2.47. The van der Waals surface area contributed by atoms with Crippen LogP contribution in [-0.4, -0.2) is 35.9 Å². The molecule has 134 valence electrons. The fourth-order valence-electron chi connectivity index (χ4n) is 3.43. The molecule has 0 radical (unpaired) electrons. The molecule has 5 nitrogen and oxygen atoms in total. The van der Waals surface area contributed by atoms with Crippen LogP contribution in [-0.2, 0) is 9.84 Å². The van der Waals surface area contributed by atoms with E-state index in [-0.39, 0.29) is 23.2 Å². The molecule has 1 amide bonds. The van der Waals surface area contributed by atoms with Crippen LogP contribution < -0.4 is 5.32 Å². The minimum absolute atomic E-state index is 0.0392. The molecule has 1 aliphatic heterocycles. The third-order valence-corrected chi connectivity index (χ3v) is 6.58. The van der Waals surface area contributed by atoms with Gasteiger partial charge in [0.15, 0.2) is 9.84 Å². The number of carbonyl (C=O) groups is 1. The Hall–Kier alpha value is -2.15. The SMILES string of the molecule is Cc1cc(C(=O)N[C@@]2(C)CCS(=O)(=O)C2)c(C)n1-c1ccc(F)cc1. The molecule has 1 fully saturated rings. The van der Waals surface area contributed by atoms with Gasteiger partial charge in [-0.1, -0.05) is 0 Å². The van der Waals surface area contributed by atoms with Crippen molar-refractivity contribution in [1.29, 1.82) is 0 Å². The second kappa shape index (κ2) is 5.98. The Morgan fingerprint density at radius 3 is 2.44 bits per heavy atom. The van der Waals surface area contributed by atoms with Gasteiger partial charge in [0.1, 0.15) is 5.82 Å². The lowest BCUT2D eigenvalue weighted by Gasteiger charge is -2.23. The summed E-state index contributed by atoms with van der Waals surface area (Å²) in [4.78, 5) is 12.7. The monoisotopic (exact) mass is 364 g/mol. The molecule has 0 spiro atoms. The summed E-state index contributed by atoms with van der Waals surface area (Å²) in [6, 6.07) is 7.82. The number of benzene rings is 1. The average Bonchev–Trinajstić information content (AvgIpc) is 2.96. The van der Waals surface area contributed by atoms with Gasteiger partial charge in [0.25, 0.3) is 5.91 Å². The predicted molar refractivity (Wildman–Crippen MR) is 94.3 cm³/mol. The molecule has 1 aromatic carbocycles. The summed E-state index contributed by atoms with van der Waals surface area (Å²) in [6.45, 7) is 5.45. The van der Waals surface area contributed by atoms with Crippen molar-refractivity contribution in [2.45, 2.75) is 32.7 Å². The summed E-state index contributed by atoms with van der Waals surface area (Å²) in [7, 11) is -3.10. The third kappa shape index (κ3) is 3.46. The van der Waals surface area contributed by atoms with E-state index in [9.17, 15) is 17.6 Å². The van der Waals surface area contributed by atoms with Gasteiger partial charge in [-0.3, -0.25) is 4.79 Å². The van der Waals surface area contributed by atoms with Crippen LogP contribution in [0.15, 0.2) is 30.3 Å². The van der Waals surface area contributed by atoms with Crippen molar-refractivity contribution in [3.8, 4) is 5.69 Å². The quantitative estimate of drug-likeness (QED) is 0.910. The standard InChI is InChI=1S/C18H21FN2O3S/c1-12-10-16(13(2)21(12)15-6-4-14(19)5-7-15)17(22)20-18(3)8-9-25(23,24)11-18/h4-7,10H,8-9,11H2,1-3H3,(H,20,22)/t18-/m0/s1. The molecular weight excluding hydrogens is 343 g/mol. The number of hydrogen-bond donors (Lipinski definition) is 1. The number of nitrogens with one attached hydrogen (secondary N) is 1. The zero-order chi connectivity index (χ0) is 18.4. The van der Waals surface area contributed by atoms with Crippen molar-refractivity contribution in [1.82, 2.24) is 9.88 Å². The molecule has 1 saturated heterocycles. The van der Waals surface area contributed by atoms with E-state index in [0.29, 0.717) is 12.0 Å². The van der Waals surface area contributed by atoms with Crippen LogP contribution in [0.1, 0.15) is 35.1 Å². The molecular formula is C18H21FN2O3S. The van der Waals surface area contributed by atoms with Crippen LogP contribution in [0.5, 0.6) is 0 Å². The summed E-state index contributed by atoms with van der Waals surface area (Å²) in [5.41, 5.74) is 2.09. The van der Waals surface area contributed by atoms with Gasteiger partial charge < -0.3 is 9.88 Å². The Labute approximate surface area is 146 Å². The maximum atomic E-state index is 13.1. The lowest BCUT2D eigenvalue weighted by atomic mass is 10.0. The summed E-state index contributed by atoms with van der Waals surface area (Å²) >= 11 is 0. The Morgan fingerprint density at radius 2 is 1.88 bits per heavy atom. The van der Waals surface area contributed by atoms with E-state index in [4.69, 9.17) is 0 Å². The van der Waals surface area contributed by atoms with Gasteiger partial charge in [0.05, 0.1) is 22.6 Å². The van der Waals surface area contributed by atoms with Gasteiger partial charge in [0, 0.05) is 17.1 Å². The third-order valence-electron chi connectivity index (χ3n) is 4.68. The highest BCUT2D eigenvalue weighted by molar-refractivity contribution is 7.91. The predicted octanol–water partition coefficient (Wildman–Crippen LogP) is 2.54. The first-order valence-electron chi connectivity index (χ1n) is 8.08. The molecule has 1 aliphatic rings. The molecule has 3 rings (SSSR count). The van der Waals surface area contributed by atoms with Crippen molar-refractivity contribution in [2.24, 2.45) is 0 Å². The van der Waals surface area contributed by atoms with Gasteiger partial charge in [-0.25, -0.2) is 12.8 Å². The number of nitrogens with zero attached hydrogens (tertiary/aromatic N) is 1. The van der Waals surface area contributed by atoms with Crippen molar-refractivity contribution < 1.29 is 17.6 Å². The van der Waals surface area contributed by atoms with Crippen LogP contribution in [0.25, 0.3) is 5.69 Å². The van der Waals surface area contributed by atoms with Crippen LogP contribution in [0, 0.1) is 19.7 Å². The highest BCUT2D eigenvalue weighted by atomic mass is 32.2. The molecule has 2 aromatic rings. The van der Waals surface area contributed by atoms with E-state index in [1.807, 2.05) is 18.4 Å². The molecule has 0 bridgehead atoms. The highest BCUT2D eigenvalue weighted by Gasteiger charge is 2.39. The van der Waals surface area contributed by atoms with Crippen molar-refractivity contribution in [3.05, 3.63) is 53.1 Å². The summed E-state index contributed by atoms with van der Waals surface area (Å²) in [5, 5.41) is 2.88. The first-order chi connectivity index (χ1) is 11.6. The van der Waals surface area contributed by atoms with Crippen molar-refractivity contribution >= 4 is 15.7 Å². The number of aromatic nitrogens is 1. The zero-order valence-electron chi connectivity index (χ0n) is 14.5. The van der Waals surface area contributed by atoms with E-state index >= 15 is 0 Å². The number of hydrogen-bond acceptors (Lipinski definition) is 3. The van der Waals surface area contributed by atoms with Gasteiger partial charge in [0.2, 0.25) is 0 Å². The second-order valence-electron chi connectivity index (χ2n) is 6.95. The number of carbonyl (C=O) groups excluding carboxylic acids is 1. The molecule has 1 aromatic heterocycles. The first kappa shape index (κ1) is 17.7. The summed E-state index contributed by atoms with van der Waals surface area (Å²) in [6.07, 6.45) is 0.414. The van der Waals surface area contributed by atoms with E-state index in [2.05, 4.69) is 5.32 Å². The molecule has 2 heterocycles. The maximum absolute atomic E-state index is 13.1. The van der Waals surface area contributed by atoms with Crippen molar-refractivity contribution in [2.75, 3.05) is 11.5 Å². The van der Waals surface area contributed by atoms with Crippen LogP contribution in [0.2, 0.25) is 0 Å². The Morgan fingerprint density at radius 1 is 1.24 bits per heavy atom. The Bertz CT molecular complexity index is 932. The van der Waals surface area contributed by atoms with Crippen LogP contribution >= 0.6 is 0 Å². The smallest absolute Gasteiger partial charge is 0.253 e. The van der Waals surface area contributed by atoms with E-state index in [1.54, 1.807) is 25.1 Å². The fourth-order valence-corrected chi connectivity index (χ4v) is 5.52. The maximum Gasteiger partial charge on any atom is 0.253 e. The Balaban J connectivity index is 1.90. The topological polar surface area (TPSA) is 68.2 Å².